The van der Waals surface area contributed by atoms with Gasteiger partial charge in [0.2, 0.25) is 0 Å². The van der Waals surface area contributed by atoms with Crippen LogP contribution in [0, 0.1) is 5.82 Å². The molecular formula is C18H23FN4O2. The van der Waals surface area contributed by atoms with Crippen molar-refractivity contribution in [3.05, 3.63) is 54.0 Å². The minimum atomic E-state index is -0.642. The third kappa shape index (κ3) is 4.94. The van der Waals surface area contributed by atoms with Crippen LogP contribution in [0.5, 0.6) is 0 Å². The van der Waals surface area contributed by atoms with E-state index in [1.165, 1.54) is 12.1 Å². The van der Waals surface area contributed by atoms with Gasteiger partial charge in [0.05, 0.1) is 18.8 Å². The van der Waals surface area contributed by atoms with Crippen molar-refractivity contribution in [1.29, 1.82) is 0 Å². The molecule has 1 aliphatic rings. The minimum Gasteiger partial charge on any atom is -0.387 e. The zero-order chi connectivity index (χ0) is 17.6. The molecule has 0 bridgehead atoms. The van der Waals surface area contributed by atoms with E-state index in [1.54, 1.807) is 18.3 Å². The summed E-state index contributed by atoms with van der Waals surface area (Å²) in [7, 11) is 1.96. The molecule has 0 saturated carbocycles. The summed E-state index contributed by atoms with van der Waals surface area (Å²) < 4.78 is 18.8. The van der Waals surface area contributed by atoms with Crippen LogP contribution in [0.2, 0.25) is 0 Å². The molecule has 134 valence electrons. The number of nitrogens with zero attached hydrogens (tertiary/aromatic N) is 4. The fourth-order valence-corrected chi connectivity index (χ4v) is 2.99. The van der Waals surface area contributed by atoms with Gasteiger partial charge in [0.25, 0.3) is 0 Å². The first kappa shape index (κ1) is 17.7. The van der Waals surface area contributed by atoms with Crippen molar-refractivity contribution in [2.45, 2.75) is 12.2 Å². The van der Waals surface area contributed by atoms with Crippen molar-refractivity contribution in [3.8, 4) is 0 Å². The number of morpholine rings is 1. The molecule has 1 saturated heterocycles. The predicted molar refractivity (Wildman–Crippen MR) is 92.8 cm³/mol. The lowest BCUT2D eigenvalue weighted by Crippen LogP contribution is -2.48. The quantitative estimate of drug-likeness (QED) is 0.855. The van der Waals surface area contributed by atoms with Crippen molar-refractivity contribution >= 4 is 5.82 Å². The number of anilines is 1. The third-order valence-corrected chi connectivity index (χ3v) is 4.34. The molecule has 0 amide bonds. The van der Waals surface area contributed by atoms with Crippen LogP contribution in [-0.4, -0.2) is 66.1 Å². The maximum absolute atomic E-state index is 13.0. The molecule has 2 unspecified atom stereocenters. The Morgan fingerprint density at radius 2 is 2.16 bits per heavy atom. The van der Waals surface area contributed by atoms with Crippen molar-refractivity contribution < 1.29 is 14.2 Å². The van der Waals surface area contributed by atoms with Crippen LogP contribution in [0.3, 0.4) is 0 Å². The number of β-amino-alcohol motifs (C(OH)–C–C–N with tert-alkyl or cyclic N) is 1. The summed E-state index contributed by atoms with van der Waals surface area (Å²) in [4.78, 5) is 4.18. The van der Waals surface area contributed by atoms with Crippen LogP contribution in [0.1, 0.15) is 11.7 Å². The van der Waals surface area contributed by atoms with Gasteiger partial charge in [0.1, 0.15) is 5.82 Å². The molecular weight excluding hydrogens is 323 g/mol. The summed E-state index contributed by atoms with van der Waals surface area (Å²) in [5.74, 6) is 0.504. The number of hydrogen-bond acceptors (Lipinski definition) is 6. The molecule has 1 N–H and O–H groups in total. The molecule has 2 heterocycles. The largest absolute Gasteiger partial charge is 0.387 e. The number of likely N-dealkylation sites (N-methyl/N-ethyl adjacent to an activating group) is 1. The Balaban J connectivity index is 1.53. The molecule has 2 atom stereocenters. The average molecular weight is 346 g/mol. The molecule has 1 fully saturated rings. The summed E-state index contributed by atoms with van der Waals surface area (Å²) in [6, 6.07) is 9.75. The molecule has 3 rings (SSSR count). The lowest BCUT2D eigenvalue weighted by Gasteiger charge is -2.35. The zero-order valence-electron chi connectivity index (χ0n) is 14.3. The van der Waals surface area contributed by atoms with Gasteiger partial charge in [0, 0.05) is 39.4 Å². The van der Waals surface area contributed by atoms with E-state index < -0.39 is 6.10 Å². The van der Waals surface area contributed by atoms with E-state index in [4.69, 9.17) is 4.74 Å². The molecule has 25 heavy (non-hydrogen) atoms. The first-order valence-electron chi connectivity index (χ1n) is 8.38. The van der Waals surface area contributed by atoms with E-state index in [0.29, 0.717) is 19.7 Å². The van der Waals surface area contributed by atoms with Crippen LogP contribution in [-0.2, 0) is 4.74 Å². The van der Waals surface area contributed by atoms with Gasteiger partial charge >= 0.3 is 0 Å². The van der Waals surface area contributed by atoms with Crippen LogP contribution >= 0.6 is 0 Å². The van der Waals surface area contributed by atoms with E-state index in [0.717, 1.165) is 24.5 Å². The molecule has 0 radical (unpaired) electrons. The van der Waals surface area contributed by atoms with E-state index in [-0.39, 0.29) is 11.9 Å². The fraction of sp³-hybridized carbons (Fsp3) is 0.444. The summed E-state index contributed by atoms with van der Waals surface area (Å²) in [6.07, 6.45) is 1.03. The van der Waals surface area contributed by atoms with Crippen LogP contribution in [0.15, 0.2) is 42.6 Å². The van der Waals surface area contributed by atoms with E-state index in [2.05, 4.69) is 15.1 Å². The molecule has 2 aromatic rings. The van der Waals surface area contributed by atoms with Gasteiger partial charge in [-0.05, 0) is 29.8 Å². The maximum Gasteiger partial charge on any atom is 0.151 e. The normalized spacial score (nSPS) is 19.6. The highest BCUT2D eigenvalue weighted by atomic mass is 19.1. The highest BCUT2D eigenvalue weighted by molar-refractivity contribution is 5.35. The Labute approximate surface area is 146 Å². The predicted octanol–water partition coefficient (Wildman–Crippen LogP) is 1.49. The lowest BCUT2D eigenvalue weighted by atomic mass is 10.1. The summed E-state index contributed by atoms with van der Waals surface area (Å²) in [6.45, 7) is 3.31. The summed E-state index contributed by atoms with van der Waals surface area (Å²) in [5.41, 5.74) is 0.723. The Bertz CT molecular complexity index is 656. The van der Waals surface area contributed by atoms with Crippen molar-refractivity contribution in [2.75, 3.05) is 44.7 Å². The Morgan fingerprint density at radius 3 is 2.88 bits per heavy atom. The van der Waals surface area contributed by atoms with Crippen molar-refractivity contribution in [3.63, 3.8) is 0 Å². The van der Waals surface area contributed by atoms with E-state index in [9.17, 15) is 9.50 Å². The lowest BCUT2D eigenvalue weighted by molar-refractivity contribution is -0.0365. The van der Waals surface area contributed by atoms with Gasteiger partial charge in [-0.15, -0.1) is 5.10 Å². The first-order valence-corrected chi connectivity index (χ1v) is 8.38. The Hall–Kier alpha value is -2.09. The minimum absolute atomic E-state index is 0.0289. The molecule has 6 nitrogen and oxygen atoms in total. The summed E-state index contributed by atoms with van der Waals surface area (Å²) >= 11 is 0. The smallest absolute Gasteiger partial charge is 0.151 e. The van der Waals surface area contributed by atoms with Crippen molar-refractivity contribution in [1.82, 2.24) is 15.1 Å². The second-order valence-electron chi connectivity index (χ2n) is 6.28. The fourth-order valence-electron chi connectivity index (χ4n) is 2.99. The number of aliphatic hydroxyl groups excluding tert-OH is 1. The van der Waals surface area contributed by atoms with Gasteiger partial charge in [-0.25, -0.2) is 4.39 Å². The maximum atomic E-state index is 13.0. The topological polar surface area (TPSA) is 61.7 Å². The van der Waals surface area contributed by atoms with Crippen LogP contribution in [0.25, 0.3) is 0 Å². The molecule has 0 aliphatic carbocycles. The molecule has 0 spiro atoms. The Morgan fingerprint density at radius 1 is 1.36 bits per heavy atom. The van der Waals surface area contributed by atoms with Gasteiger partial charge in [-0.2, -0.15) is 5.10 Å². The average Bonchev–Trinajstić information content (AvgIpc) is 2.63. The van der Waals surface area contributed by atoms with Crippen LogP contribution in [0.4, 0.5) is 10.2 Å². The second kappa shape index (κ2) is 8.33. The number of aromatic nitrogens is 2. The first-order chi connectivity index (χ1) is 12.1. The number of ether oxygens (including phenoxy) is 1. The van der Waals surface area contributed by atoms with Gasteiger partial charge in [-0.1, -0.05) is 12.1 Å². The standard InChI is InChI=1S/C18H23FN4O2/c1-22(18-3-2-8-20-21-18)11-16-12-23(9-10-25-16)13-17(24)14-4-6-15(19)7-5-14/h2-8,16-17,24H,9-13H2,1H3. The van der Waals surface area contributed by atoms with Gasteiger partial charge in [-0.3, -0.25) is 4.90 Å². The number of benzene rings is 1. The third-order valence-electron chi connectivity index (χ3n) is 4.34. The van der Waals surface area contributed by atoms with E-state index >= 15 is 0 Å². The Kier molecular flexibility index (Phi) is 5.91. The number of rotatable bonds is 6. The van der Waals surface area contributed by atoms with Crippen LogP contribution < -0.4 is 4.90 Å². The molecule has 7 heteroatoms. The molecule has 1 aromatic heterocycles. The highest BCUT2D eigenvalue weighted by Gasteiger charge is 2.24. The SMILES string of the molecule is CN(CC1CN(CC(O)c2ccc(F)cc2)CCO1)c1cccnn1. The molecule has 1 aromatic carbocycles. The second-order valence-corrected chi connectivity index (χ2v) is 6.28. The monoisotopic (exact) mass is 346 g/mol. The zero-order valence-corrected chi connectivity index (χ0v) is 14.3. The number of hydrogen-bond donors (Lipinski definition) is 1. The molecule has 1 aliphatic heterocycles. The van der Waals surface area contributed by atoms with Crippen molar-refractivity contribution in [2.24, 2.45) is 0 Å². The van der Waals surface area contributed by atoms with Gasteiger partial charge in [0.15, 0.2) is 5.82 Å². The number of aliphatic hydroxyl groups is 1. The van der Waals surface area contributed by atoms with E-state index in [1.807, 2.05) is 24.1 Å². The summed E-state index contributed by atoms with van der Waals surface area (Å²) in [5, 5.41) is 18.4. The van der Waals surface area contributed by atoms with Gasteiger partial charge < -0.3 is 14.7 Å². The number of halogens is 1. The highest BCUT2D eigenvalue weighted by Crippen LogP contribution is 2.17.